The highest BCUT2D eigenvalue weighted by Gasteiger charge is 2.25. The lowest BCUT2D eigenvalue weighted by Crippen LogP contribution is -2.40. The highest BCUT2D eigenvalue weighted by molar-refractivity contribution is 5.81. The molecule has 0 radical (unpaired) electrons. The van der Waals surface area contributed by atoms with Crippen molar-refractivity contribution < 1.29 is 13.6 Å². The number of allylic oxidation sites excluding steroid dienone is 2. The van der Waals surface area contributed by atoms with Crippen molar-refractivity contribution >= 4 is 5.91 Å². The van der Waals surface area contributed by atoms with Gasteiger partial charge in [-0.15, -0.1) is 0 Å². The van der Waals surface area contributed by atoms with E-state index in [0.717, 1.165) is 6.42 Å². The Morgan fingerprint density at radius 1 is 1.37 bits per heavy atom. The molecule has 0 saturated carbocycles. The third-order valence-electron chi connectivity index (χ3n) is 3.58. The van der Waals surface area contributed by atoms with Crippen LogP contribution in [-0.2, 0) is 4.79 Å². The van der Waals surface area contributed by atoms with Gasteiger partial charge in [-0.1, -0.05) is 12.2 Å². The summed E-state index contributed by atoms with van der Waals surface area (Å²) in [6.07, 6.45) is 6.26. The second-order valence-electron chi connectivity index (χ2n) is 5.10. The van der Waals surface area contributed by atoms with Gasteiger partial charge in [0.2, 0.25) is 5.91 Å². The van der Waals surface area contributed by atoms with Crippen molar-refractivity contribution in [1.29, 1.82) is 0 Å². The first-order chi connectivity index (χ1) is 8.97. The van der Waals surface area contributed by atoms with E-state index in [1.54, 1.807) is 12.2 Å². The number of hydrogen-bond acceptors (Lipinski definition) is 2. The fourth-order valence-corrected chi connectivity index (χ4v) is 2.28. The van der Waals surface area contributed by atoms with Gasteiger partial charge in [0.1, 0.15) is 11.7 Å². The number of halogens is 2. The molecule has 0 bridgehead atoms. The minimum atomic E-state index is -0.611. The Morgan fingerprint density at radius 3 is 2.68 bits per heavy atom. The largest absolute Gasteiger partial charge is 0.349 e. The number of amides is 1. The molecular weight excluding hydrogens is 250 g/mol. The monoisotopic (exact) mass is 268 g/mol. The maximum Gasteiger partial charge on any atom is 0.227 e. The summed E-state index contributed by atoms with van der Waals surface area (Å²) in [6, 6.07) is -0.612. The quantitative estimate of drug-likeness (QED) is 0.755. The summed E-state index contributed by atoms with van der Waals surface area (Å²) in [7, 11) is 0. The van der Waals surface area contributed by atoms with Crippen molar-refractivity contribution in [2.75, 3.05) is 0 Å². The zero-order chi connectivity index (χ0) is 14.0. The molecule has 0 heterocycles. The first kappa shape index (κ1) is 13.9. The maximum atomic E-state index is 13.4. The van der Waals surface area contributed by atoms with Crippen molar-refractivity contribution in [1.82, 2.24) is 5.32 Å². The molecule has 1 amide bonds. The lowest BCUT2D eigenvalue weighted by Gasteiger charge is -2.24. The Balaban J connectivity index is 1.96. The summed E-state index contributed by atoms with van der Waals surface area (Å²) >= 11 is 0. The molecule has 2 aliphatic rings. The molecule has 3 nitrogen and oxygen atoms in total. The van der Waals surface area contributed by atoms with Crippen LogP contribution in [-0.4, -0.2) is 18.0 Å². The standard InChI is InChI=1S/C14H18F2N2O/c1-8-12(15)6-11(7-13(8)16)18-14(19)9-2-4-10(17)5-3-9/h2,4,6,9-11H,3,5,7,17H2,1H3,(H,18,19). The van der Waals surface area contributed by atoms with Crippen LogP contribution in [0, 0.1) is 5.92 Å². The second kappa shape index (κ2) is 5.65. The summed E-state index contributed by atoms with van der Waals surface area (Å²) in [5, 5.41) is 2.66. The predicted octanol–water partition coefficient (Wildman–Crippen LogP) is 2.27. The van der Waals surface area contributed by atoms with E-state index in [0.29, 0.717) is 6.42 Å². The summed E-state index contributed by atoms with van der Waals surface area (Å²) in [6.45, 7) is 1.39. The number of carbonyl (C=O) groups is 1. The molecule has 3 N–H and O–H groups in total. The normalized spacial score (nSPS) is 31.2. The Labute approximate surface area is 111 Å². The highest BCUT2D eigenvalue weighted by atomic mass is 19.1. The van der Waals surface area contributed by atoms with Crippen LogP contribution in [0.5, 0.6) is 0 Å². The Morgan fingerprint density at radius 2 is 2.11 bits per heavy atom. The van der Waals surface area contributed by atoms with Crippen LogP contribution in [0.2, 0.25) is 0 Å². The van der Waals surface area contributed by atoms with Crippen LogP contribution < -0.4 is 11.1 Å². The molecule has 0 aromatic carbocycles. The van der Waals surface area contributed by atoms with Gasteiger partial charge < -0.3 is 11.1 Å². The Bertz CT molecular complexity index is 468. The van der Waals surface area contributed by atoms with Gasteiger partial charge >= 0.3 is 0 Å². The zero-order valence-electron chi connectivity index (χ0n) is 10.8. The zero-order valence-corrected chi connectivity index (χ0v) is 10.8. The highest BCUT2D eigenvalue weighted by Crippen LogP contribution is 2.27. The molecular formula is C14H18F2N2O. The van der Waals surface area contributed by atoms with Crippen LogP contribution in [0.4, 0.5) is 8.78 Å². The molecule has 2 aliphatic carbocycles. The van der Waals surface area contributed by atoms with Crippen molar-refractivity contribution in [2.45, 2.75) is 38.3 Å². The van der Waals surface area contributed by atoms with Gasteiger partial charge in [0.15, 0.2) is 0 Å². The van der Waals surface area contributed by atoms with E-state index in [4.69, 9.17) is 5.73 Å². The van der Waals surface area contributed by atoms with E-state index in [9.17, 15) is 13.6 Å². The van der Waals surface area contributed by atoms with Crippen LogP contribution in [0.1, 0.15) is 26.2 Å². The second-order valence-corrected chi connectivity index (χ2v) is 5.10. The van der Waals surface area contributed by atoms with Gasteiger partial charge in [-0.05, 0) is 25.8 Å². The minimum Gasteiger partial charge on any atom is -0.349 e. The molecule has 104 valence electrons. The Kier molecular flexibility index (Phi) is 4.14. The summed E-state index contributed by atoms with van der Waals surface area (Å²) < 4.78 is 26.8. The number of nitrogens with one attached hydrogen (secondary N) is 1. The van der Waals surface area contributed by atoms with E-state index >= 15 is 0 Å². The van der Waals surface area contributed by atoms with Gasteiger partial charge in [0.05, 0.1) is 12.0 Å². The van der Waals surface area contributed by atoms with Crippen molar-refractivity contribution in [3.05, 3.63) is 35.5 Å². The van der Waals surface area contributed by atoms with Crippen LogP contribution >= 0.6 is 0 Å². The molecule has 3 atom stereocenters. The molecule has 0 aromatic heterocycles. The third-order valence-corrected chi connectivity index (χ3v) is 3.58. The molecule has 0 saturated heterocycles. The van der Waals surface area contributed by atoms with Crippen LogP contribution in [0.15, 0.2) is 35.5 Å². The SMILES string of the molecule is CC1=C(F)CC(NC(=O)C2C=CC(N)CC2)C=C1F. The summed E-state index contributed by atoms with van der Waals surface area (Å²) in [4.78, 5) is 12.0. The van der Waals surface area contributed by atoms with E-state index in [1.165, 1.54) is 13.0 Å². The van der Waals surface area contributed by atoms with Crippen molar-refractivity contribution in [3.8, 4) is 0 Å². The van der Waals surface area contributed by atoms with E-state index in [1.807, 2.05) is 0 Å². The van der Waals surface area contributed by atoms with Gasteiger partial charge in [-0.3, -0.25) is 4.79 Å². The molecule has 0 fully saturated rings. The van der Waals surface area contributed by atoms with E-state index in [2.05, 4.69) is 5.32 Å². The van der Waals surface area contributed by atoms with Crippen LogP contribution in [0.25, 0.3) is 0 Å². The lowest BCUT2D eigenvalue weighted by atomic mass is 9.92. The first-order valence-corrected chi connectivity index (χ1v) is 6.44. The molecule has 2 rings (SSSR count). The number of hydrogen-bond donors (Lipinski definition) is 2. The van der Waals surface area contributed by atoms with Crippen LogP contribution in [0.3, 0.4) is 0 Å². The predicted molar refractivity (Wildman–Crippen MR) is 69.4 cm³/mol. The fourth-order valence-electron chi connectivity index (χ4n) is 2.28. The average molecular weight is 268 g/mol. The Hall–Kier alpha value is -1.49. The number of carbonyl (C=O) groups excluding carboxylic acids is 1. The fraction of sp³-hybridized carbons (Fsp3) is 0.500. The smallest absolute Gasteiger partial charge is 0.227 e. The van der Waals surface area contributed by atoms with E-state index < -0.39 is 17.7 Å². The topological polar surface area (TPSA) is 55.1 Å². The molecule has 0 spiro atoms. The van der Waals surface area contributed by atoms with E-state index in [-0.39, 0.29) is 29.9 Å². The van der Waals surface area contributed by atoms with Gasteiger partial charge in [0, 0.05) is 18.0 Å². The molecule has 0 aromatic rings. The summed E-state index contributed by atoms with van der Waals surface area (Å²) in [5.74, 6) is -1.57. The van der Waals surface area contributed by atoms with Gasteiger partial charge in [0.25, 0.3) is 0 Å². The average Bonchev–Trinajstić information content (AvgIpc) is 2.36. The first-order valence-electron chi connectivity index (χ1n) is 6.44. The maximum absolute atomic E-state index is 13.4. The summed E-state index contributed by atoms with van der Waals surface area (Å²) in [5.41, 5.74) is 5.72. The molecule has 0 aliphatic heterocycles. The molecule has 19 heavy (non-hydrogen) atoms. The van der Waals surface area contributed by atoms with Crippen molar-refractivity contribution in [3.63, 3.8) is 0 Å². The minimum absolute atomic E-state index is 0.000835. The lowest BCUT2D eigenvalue weighted by molar-refractivity contribution is -0.124. The third kappa shape index (κ3) is 3.29. The molecule has 3 unspecified atom stereocenters. The number of rotatable bonds is 2. The van der Waals surface area contributed by atoms with Gasteiger partial charge in [-0.25, -0.2) is 8.78 Å². The molecule has 5 heteroatoms. The van der Waals surface area contributed by atoms with Crippen molar-refractivity contribution in [2.24, 2.45) is 11.7 Å². The number of nitrogens with two attached hydrogens (primary N) is 1. The van der Waals surface area contributed by atoms with Gasteiger partial charge in [-0.2, -0.15) is 0 Å².